The number of anilines is 2. The number of amides is 2. The number of nitrogens with zero attached hydrogens (tertiary/aromatic N) is 2. The van der Waals surface area contributed by atoms with Crippen LogP contribution in [0.3, 0.4) is 0 Å². The van der Waals surface area contributed by atoms with Crippen LogP contribution in [-0.4, -0.2) is 48.9 Å². The van der Waals surface area contributed by atoms with Gasteiger partial charge in [0.05, 0.1) is 37.1 Å². The van der Waals surface area contributed by atoms with E-state index in [9.17, 15) is 9.59 Å². The molecule has 1 fully saturated rings. The average Bonchev–Trinajstić information content (AvgIpc) is 3.46. The van der Waals surface area contributed by atoms with Crippen LogP contribution in [-0.2, 0) is 5.41 Å². The van der Waals surface area contributed by atoms with Gasteiger partial charge in [-0.05, 0) is 74.7 Å². The van der Waals surface area contributed by atoms with E-state index in [1.165, 1.54) is 0 Å². The number of carbonyl (C=O) groups is 2. The third kappa shape index (κ3) is 7.04. The first-order chi connectivity index (χ1) is 21.6. The summed E-state index contributed by atoms with van der Waals surface area (Å²) in [6.07, 6.45) is 1.66. The Morgan fingerprint density at radius 3 is 2.31 bits per heavy atom. The van der Waals surface area contributed by atoms with Gasteiger partial charge >= 0.3 is 6.03 Å². The molecule has 2 heterocycles. The van der Waals surface area contributed by atoms with Crippen molar-refractivity contribution in [3.05, 3.63) is 95.2 Å². The molecule has 5 rings (SSSR count). The Hall–Kier alpha value is -4.63. The van der Waals surface area contributed by atoms with E-state index in [2.05, 4.69) is 36.7 Å². The molecule has 0 aliphatic carbocycles. The molecule has 1 aliphatic heterocycles. The fourth-order valence-corrected chi connectivity index (χ4v) is 5.91. The van der Waals surface area contributed by atoms with Crippen LogP contribution in [0.25, 0.3) is 5.69 Å². The van der Waals surface area contributed by atoms with Crippen molar-refractivity contribution in [1.82, 2.24) is 15.1 Å². The summed E-state index contributed by atoms with van der Waals surface area (Å²) >= 11 is 0. The lowest BCUT2D eigenvalue weighted by atomic mass is 9.75. The number of aromatic nitrogens is 2. The van der Waals surface area contributed by atoms with Gasteiger partial charge in [0, 0.05) is 17.2 Å². The van der Waals surface area contributed by atoms with E-state index in [1.807, 2.05) is 61.5 Å². The van der Waals surface area contributed by atoms with Crippen LogP contribution in [0, 0.1) is 12.8 Å². The van der Waals surface area contributed by atoms with Gasteiger partial charge < -0.3 is 20.1 Å². The van der Waals surface area contributed by atoms with E-state index >= 15 is 0 Å². The molecule has 236 valence electrons. The van der Waals surface area contributed by atoms with Crippen molar-refractivity contribution >= 4 is 23.3 Å². The molecule has 4 aromatic rings. The first kappa shape index (κ1) is 31.8. The maximum absolute atomic E-state index is 14.4. The summed E-state index contributed by atoms with van der Waals surface area (Å²) in [6, 6.07) is 22.4. The van der Waals surface area contributed by atoms with Gasteiger partial charge in [0.15, 0.2) is 17.3 Å². The van der Waals surface area contributed by atoms with Gasteiger partial charge in [-0.3, -0.25) is 10.1 Å². The summed E-state index contributed by atoms with van der Waals surface area (Å²) in [4.78, 5) is 28.1. The molecule has 9 nitrogen and oxygen atoms in total. The van der Waals surface area contributed by atoms with E-state index in [0.717, 1.165) is 48.4 Å². The van der Waals surface area contributed by atoms with Crippen LogP contribution in [0.5, 0.6) is 11.5 Å². The second kappa shape index (κ2) is 13.6. The predicted octanol–water partition coefficient (Wildman–Crippen LogP) is 7.11. The Morgan fingerprint density at radius 2 is 1.64 bits per heavy atom. The number of ketones is 1. The maximum Gasteiger partial charge on any atom is 0.324 e. The van der Waals surface area contributed by atoms with E-state index < -0.39 is 11.9 Å². The summed E-state index contributed by atoms with van der Waals surface area (Å²) < 4.78 is 12.9. The first-order valence-corrected chi connectivity index (χ1v) is 15.4. The Labute approximate surface area is 265 Å². The third-order valence-electron chi connectivity index (χ3n) is 8.35. The van der Waals surface area contributed by atoms with E-state index in [4.69, 9.17) is 14.6 Å². The van der Waals surface area contributed by atoms with Gasteiger partial charge in [0.1, 0.15) is 5.82 Å². The van der Waals surface area contributed by atoms with E-state index in [0.29, 0.717) is 28.6 Å². The van der Waals surface area contributed by atoms with Crippen LogP contribution >= 0.6 is 0 Å². The summed E-state index contributed by atoms with van der Waals surface area (Å²) in [5.74, 6) is 0.947. The SMILES string of the molecule is COc1cccc(C(=O)C(c2ccccc2NC(=O)Nc2cc(C(C)(C)C)nn2-c2ccc(C)cc2)C2CCNCC2)c1OC. The van der Waals surface area contributed by atoms with E-state index in [1.54, 1.807) is 37.1 Å². The summed E-state index contributed by atoms with van der Waals surface area (Å²) in [6.45, 7) is 9.93. The quantitative estimate of drug-likeness (QED) is 0.175. The molecule has 1 atom stereocenters. The fraction of sp³-hybridized carbons (Fsp3) is 0.361. The highest BCUT2D eigenvalue weighted by molar-refractivity contribution is 6.06. The number of ether oxygens (including phenoxy) is 2. The Kier molecular flexibility index (Phi) is 9.58. The molecule has 1 aromatic heterocycles. The minimum Gasteiger partial charge on any atom is -0.493 e. The monoisotopic (exact) mass is 609 g/mol. The number of piperidine rings is 1. The standard InChI is InChI=1S/C36H43N5O4/c1-23-14-16-25(17-15-23)41-31(22-30(40-41)36(2,3)4)39-35(43)38-28-12-8-7-10-26(28)32(24-18-20-37-21-19-24)33(42)27-11-9-13-29(44-5)34(27)45-6/h7-17,22,24,32,37H,18-21H2,1-6H3,(H2,38,39,43). The molecule has 0 bridgehead atoms. The molecule has 3 aromatic carbocycles. The van der Waals surface area contributed by atoms with Gasteiger partial charge in [-0.1, -0.05) is 62.7 Å². The summed E-state index contributed by atoms with van der Waals surface area (Å²) in [7, 11) is 3.10. The molecular formula is C36H43N5O4. The molecule has 0 spiro atoms. The van der Waals surface area contributed by atoms with Gasteiger partial charge in [-0.25, -0.2) is 9.48 Å². The summed E-state index contributed by atoms with van der Waals surface area (Å²) in [5, 5.41) is 14.3. The predicted molar refractivity (Wildman–Crippen MR) is 178 cm³/mol. The second-order valence-electron chi connectivity index (χ2n) is 12.5. The second-order valence-corrected chi connectivity index (χ2v) is 12.5. The molecule has 1 aliphatic rings. The molecular weight excluding hydrogens is 566 g/mol. The number of urea groups is 1. The van der Waals surface area contributed by atoms with Crippen LogP contribution in [0.4, 0.5) is 16.3 Å². The highest BCUT2D eigenvalue weighted by Crippen LogP contribution is 2.41. The van der Waals surface area contributed by atoms with Gasteiger partial charge in [0.25, 0.3) is 0 Å². The molecule has 1 unspecified atom stereocenters. The molecule has 0 saturated carbocycles. The van der Waals surface area contributed by atoms with Gasteiger partial charge in [-0.2, -0.15) is 5.10 Å². The van der Waals surface area contributed by atoms with Crippen molar-refractivity contribution in [3.8, 4) is 17.2 Å². The number of Topliss-reactive ketones (excluding diaryl/α,β-unsaturated/α-hetero) is 1. The lowest BCUT2D eigenvalue weighted by Crippen LogP contribution is -2.34. The Bertz CT molecular complexity index is 1650. The number of rotatable bonds is 9. The zero-order chi connectivity index (χ0) is 32.1. The molecule has 3 N–H and O–H groups in total. The lowest BCUT2D eigenvalue weighted by molar-refractivity contribution is 0.0912. The normalized spacial score (nSPS) is 14.4. The molecule has 9 heteroatoms. The first-order valence-electron chi connectivity index (χ1n) is 15.4. The van der Waals surface area contributed by atoms with Crippen LogP contribution in [0.1, 0.15) is 66.7 Å². The number of carbonyl (C=O) groups excluding carboxylic acids is 2. The van der Waals surface area contributed by atoms with Crippen molar-refractivity contribution < 1.29 is 19.1 Å². The minimum absolute atomic E-state index is 0.0676. The maximum atomic E-state index is 14.4. The third-order valence-corrected chi connectivity index (χ3v) is 8.35. The minimum atomic E-state index is -0.504. The smallest absolute Gasteiger partial charge is 0.324 e. The van der Waals surface area contributed by atoms with Crippen molar-refractivity contribution in [3.63, 3.8) is 0 Å². The highest BCUT2D eigenvalue weighted by Gasteiger charge is 2.35. The molecule has 1 saturated heterocycles. The van der Waals surface area contributed by atoms with Crippen LogP contribution in [0.2, 0.25) is 0 Å². The zero-order valence-electron chi connectivity index (χ0n) is 26.9. The Balaban J connectivity index is 1.49. The Morgan fingerprint density at radius 1 is 0.933 bits per heavy atom. The van der Waals surface area contributed by atoms with Crippen molar-refractivity contribution in [2.24, 2.45) is 5.92 Å². The number of hydrogen-bond acceptors (Lipinski definition) is 6. The number of methoxy groups -OCH3 is 2. The van der Waals surface area contributed by atoms with Crippen LogP contribution < -0.4 is 25.4 Å². The molecule has 0 radical (unpaired) electrons. The van der Waals surface area contributed by atoms with Gasteiger partial charge in [0.2, 0.25) is 0 Å². The number of benzene rings is 3. The molecule has 2 amide bonds. The van der Waals surface area contributed by atoms with Gasteiger partial charge in [-0.15, -0.1) is 0 Å². The van der Waals surface area contributed by atoms with Crippen molar-refractivity contribution in [1.29, 1.82) is 0 Å². The van der Waals surface area contributed by atoms with Crippen molar-refractivity contribution in [2.75, 3.05) is 37.9 Å². The van der Waals surface area contributed by atoms with E-state index in [-0.39, 0.29) is 17.1 Å². The summed E-state index contributed by atoms with van der Waals surface area (Å²) in [5.41, 5.74) is 4.40. The fourth-order valence-electron chi connectivity index (χ4n) is 5.91. The topological polar surface area (TPSA) is 107 Å². The lowest BCUT2D eigenvalue weighted by Gasteiger charge is -2.32. The number of hydrogen-bond donors (Lipinski definition) is 3. The average molecular weight is 610 g/mol. The zero-order valence-corrected chi connectivity index (χ0v) is 26.9. The van der Waals surface area contributed by atoms with Crippen LogP contribution in [0.15, 0.2) is 72.8 Å². The highest BCUT2D eigenvalue weighted by atomic mass is 16.5. The number of para-hydroxylation sites is 2. The molecule has 45 heavy (non-hydrogen) atoms. The number of aryl methyl sites for hydroxylation is 1. The number of nitrogens with one attached hydrogen (secondary N) is 3. The van der Waals surface area contributed by atoms with Crippen molar-refractivity contribution in [2.45, 2.75) is 51.9 Å². The largest absolute Gasteiger partial charge is 0.493 e.